The topological polar surface area (TPSA) is 109 Å². The highest BCUT2D eigenvalue weighted by atomic mass is 32.2. The van der Waals surface area contributed by atoms with Crippen LogP contribution in [0.2, 0.25) is 0 Å². The van der Waals surface area contributed by atoms with E-state index in [1.54, 1.807) is 42.5 Å². The molecule has 0 aliphatic carbocycles. The van der Waals surface area contributed by atoms with Crippen molar-refractivity contribution in [3.63, 3.8) is 0 Å². The van der Waals surface area contributed by atoms with E-state index >= 15 is 0 Å². The van der Waals surface area contributed by atoms with Crippen LogP contribution in [0.5, 0.6) is 0 Å². The Morgan fingerprint density at radius 2 is 1.70 bits per heavy atom. The van der Waals surface area contributed by atoms with Crippen molar-refractivity contribution in [3.8, 4) is 0 Å². The van der Waals surface area contributed by atoms with Gasteiger partial charge in [0.25, 0.3) is 11.8 Å². The number of nitrogens with one attached hydrogen (secondary N) is 2. The van der Waals surface area contributed by atoms with Crippen molar-refractivity contribution >= 4 is 27.5 Å². The summed E-state index contributed by atoms with van der Waals surface area (Å²) in [7, 11) is -3.62. The van der Waals surface area contributed by atoms with E-state index in [4.69, 9.17) is 4.42 Å². The van der Waals surface area contributed by atoms with Crippen molar-refractivity contribution in [2.45, 2.75) is 30.7 Å². The van der Waals surface area contributed by atoms with Crippen molar-refractivity contribution < 1.29 is 22.4 Å². The maximum Gasteiger partial charge on any atom is 0.291 e. The van der Waals surface area contributed by atoms with E-state index in [9.17, 15) is 18.0 Å². The third-order valence-electron chi connectivity index (χ3n) is 5.43. The lowest BCUT2D eigenvalue weighted by Gasteiger charge is -2.26. The summed E-state index contributed by atoms with van der Waals surface area (Å²) in [5.74, 6) is -0.545. The first kappa shape index (κ1) is 22.8. The smallest absolute Gasteiger partial charge is 0.291 e. The third-order valence-corrected chi connectivity index (χ3v) is 7.33. The number of piperidine rings is 1. The third kappa shape index (κ3) is 5.50. The number of carbonyl (C=O) groups excluding carboxylic acids is 2. The summed E-state index contributed by atoms with van der Waals surface area (Å²) in [5, 5.41) is 5.55. The number of amides is 2. The van der Waals surface area contributed by atoms with Crippen LogP contribution in [0.3, 0.4) is 0 Å². The van der Waals surface area contributed by atoms with Crippen LogP contribution in [-0.4, -0.2) is 37.6 Å². The van der Waals surface area contributed by atoms with E-state index in [0.717, 1.165) is 24.8 Å². The minimum atomic E-state index is -3.62. The summed E-state index contributed by atoms with van der Waals surface area (Å²) >= 11 is 0. The normalized spacial score (nSPS) is 14.5. The summed E-state index contributed by atoms with van der Waals surface area (Å²) in [5.41, 5.74) is 1.62. The van der Waals surface area contributed by atoms with Crippen LogP contribution in [0, 0.1) is 0 Å². The Bertz CT molecular complexity index is 1230. The number of hydrogen-bond donors (Lipinski definition) is 2. The summed E-state index contributed by atoms with van der Waals surface area (Å²) in [6.07, 6.45) is 4.15. The molecular formula is C24H25N3O5S. The maximum atomic E-state index is 12.9. The van der Waals surface area contributed by atoms with Gasteiger partial charge in [0.05, 0.1) is 11.2 Å². The van der Waals surface area contributed by atoms with Crippen LogP contribution >= 0.6 is 0 Å². The standard InChI is InChI=1S/C24H25N3O5S/c28-23(19-8-5-10-21(16-19)33(30,31)27-12-2-1-3-13-27)25-17-18-7-4-9-20(15-18)26-24(29)22-11-6-14-32-22/h4-11,14-16H,1-3,12-13,17H2,(H,25,28)(H,26,29). The summed E-state index contributed by atoms with van der Waals surface area (Å²) < 4.78 is 32.4. The zero-order valence-electron chi connectivity index (χ0n) is 18.0. The van der Waals surface area contributed by atoms with E-state index in [0.29, 0.717) is 18.8 Å². The zero-order chi connectivity index (χ0) is 23.3. The Morgan fingerprint density at radius 3 is 2.45 bits per heavy atom. The second kappa shape index (κ2) is 10.0. The van der Waals surface area contributed by atoms with Crippen molar-refractivity contribution in [3.05, 3.63) is 83.8 Å². The number of carbonyl (C=O) groups is 2. The van der Waals surface area contributed by atoms with Gasteiger partial charge in [-0.1, -0.05) is 24.6 Å². The number of hydrogen-bond acceptors (Lipinski definition) is 5. The molecule has 8 nitrogen and oxygen atoms in total. The van der Waals surface area contributed by atoms with Gasteiger partial charge in [-0.2, -0.15) is 4.31 Å². The molecule has 0 unspecified atom stereocenters. The second-order valence-corrected chi connectivity index (χ2v) is 9.74. The first-order valence-corrected chi connectivity index (χ1v) is 12.2. The Labute approximate surface area is 192 Å². The van der Waals surface area contributed by atoms with Crippen LogP contribution in [0.25, 0.3) is 0 Å². The van der Waals surface area contributed by atoms with Gasteiger partial charge in [-0.25, -0.2) is 8.42 Å². The van der Waals surface area contributed by atoms with Gasteiger partial charge in [0.15, 0.2) is 5.76 Å². The first-order chi connectivity index (χ1) is 15.9. The number of rotatable bonds is 7. The fourth-order valence-electron chi connectivity index (χ4n) is 3.70. The largest absolute Gasteiger partial charge is 0.459 e. The summed E-state index contributed by atoms with van der Waals surface area (Å²) in [6, 6.07) is 16.4. The molecule has 2 heterocycles. The Hall–Kier alpha value is -3.43. The van der Waals surface area contributed by atoms with Gasteiger partial charge in [-0.3, -0.25) is 9.59 Å². The molecule has 4 rings (SSSR count). The van der Waals surface area contributed by atoms with Gasteiger partial charge in [-0.05, 0) is 60.9 Å². The zero-order valence-corrected chi connectivity index (χ0v) is 18.8. The van der Waals surface area contributed by atoms with Gasteiger partial charge in [0.2, 0.25) is 10.0 Å². The van der Waals surface area contributed by atoms with E-state index < -0.39 is 10.0 Å². The number of furan rings is 1. The molecule has 0 bridgehead atoms. The van der Waals surface area contributed by atoms with Crippen LogP contribution in [0.15, 0.2) is 76.2 Å². The molecule has 0 radical (unpaired) electrons. The molecule has 0 spiro atoms. The average Bonchev–Trinajstić information content (AvgIpc) is 3.39. The highest BCUT2D eigenvalue weighted by molar-refractivity contribution is 7.89. The lowest BCUT2D eigenvalue weighted by molar-refractivity contribution is 0.0949. The number of benzene rings is 2. The van der Waals surface area contributed by atoms with Gasteiger partial charge < -0.3 is 15.1 Å². The molecule has 2 amide bonds. The van der Waals surface area contributed by atoms with E-state index in [1.165, 1.54) is 22.7 Å². The van der Waals surface area contributed by atoms with Crippen molar-refractivity contribution in [1.82, 2.24) is 9.62 Å². The highest BCUT2D eigenvalue weighted by Gasteiger charge is 2.26. The van der Waals surface area contributed by atoms with Crippen molar-refractivity contribution in [2.24, 2.45) is 0 Å². The molecule has 1 saturated heterocycles. The first-order valence-electron chi connectivity index (χ1n) is 10.8. The molecule has 0 saturated carbocycles. The van der Waals surface area contributed by atoms with Crippen LogP contribution in [0.1, 0.15) is 45.7 Å². The summed E-state index contributed by atoms with van der Waals surface area (Å²) in [6.45, 7) is 1.23. The van der Waals surface area contributed by atoms with Crippen LogP contribution in [0.4, 0.5) is 5.69 Å². The molecule has 1 fully saturated rings. The Morgan fingerprint density at radius 1 is 0.909 bits per heavy atom. The highest BCUT2D eigenvalue weighted by Crippen LogP contribution is 2.21. The molecule has 9 heteroatoms. The molecule has 33 heavy (non-hydrogen) atoms. The fraction of sp³-hybridized carbons (Fsp3) is 0.250. The number of nitrogens with zero attached hydrogens (tertiary/aromatic N) is 1. The molecule has 0 atom stereocenters. The summed E-state index contributed by atoms with van der Waals surface area (Å²) in [4.78, 5) is 25.0. The van der Waals surface area contributed by atoms with Gasteiger partial charge in [-0.15, -0.1) is 0 Å². The van der Waals surface area contributed by atoms with E-state index in [-0.39, 0.29) is 34.6 Å². The molecule has 1 aliphatic heterocycles. The molecule has 172 valence electrons. The van der Waals surface area contributed by atoms with Gasteiger partial charge in [0.1, 0.15) is 0 Å². The quantitative estimate of drug-likeness (QED) is 0.552. The van der Waals surface area contributed by atoms with Crippen molar-refractivity contribution in [2.75, 3.05) is 18.4 Å². The molecule has 1 aliphatic rings. The van der Waals surface area contributed by atoms with E-state index in [1.807, 2.05) is 6.07 Å². The second-order valence-electron chi connectivity index (χ2n) is 7.81. The SMILES string of the molecule is O=C(NCc1cccc(NC(=O)c2ccco2)c1)c1cccc(S(=O)(=O)N2CCCCC2)c1. The molecule has 3 aromatic rings. The van der Waals surface area contributed by atoms with Crippen LogP contribution < -0.4 is 10.6 Å². The molecule has 2 aromatic carbocycles. The Kier molecular flexibility index (Phi) is 6.90. The number of sulfonamides is 1. The van der Waals surface area contributed by atoms with Gasteiger partial charge in [0, 0.05) is 30.9 Å². The fourth-order valence-corrected chi connectivity index (χ4v) is 5.26. The maximum absolute atomic E-state index is 12.9. The molecule has 2 N–H and O–H groups in total. The Balaban J connectivity index is 1.40. The lowest BCUT2D eigenvalue weighted by Crippen LogP contribution is -2.35. The van der Waals surface area contributed by atoms with Crippen molar-refractivity contribution in [1.29, 1.82) is 0 Å². The average molecular weight is 468 g/mol. The predicted octanol–water partition coefficient (Wildman–Crippen LogP) is 3.64. The predicted molar refractivity (Wildman–Crippen MR) is 123 cm³/mol. The minimum absolute atomic E-state index is 0.125. The van der Waals surface area contributed by atoms with E-state index in [2.05, 4.69) is 10.6 Å². The molecule has 1 aromatic heterocycles. The van der Waals surface area contributed by atoms with Crippen LogP contribution in [-0.2, 0) is 16.6 Å². The monoisotopic (exact) mass is 467 g/mol. The lowest BCUT2D eigenvalue weighted by atomic mass is 10.1. The molecular weight excluding hydrogens is 442 g/mol. The van der Waals surface area contributed by atoms with Gasteiger partial charge >= 0.3 is 0 Å². The number of anilines is 1. The minimum Gasteiger partial charge on any atom is -0.459 e.